The maximum atomic E-state index is 12.8. The van der Waals surface area contributed by atoms with Crippen LogP contribution >= 0.6 is 0 Å². The summed E-state index contributed by atoms with van der Waals surface area (Å²) < 4.78 is 27.4. The van der Waals surface area contributed by atoms with E-state index in [0.717, 1.165) is 0 Å². The highest BCUT2D eigenvalue weighted by molar-refractivity contribution is 5.95. The predicted octanol–water partition coefficient (Wildman–Crippen LogP) is 2.91. The molecule has 142 valence electrons. The fraction of sp³-hybridized carbons (Fsp3) is 0.211. The van der Waals surface area contributed by atoms with E-state index in [2.05, 4.69) is 0 Å². The smallest absolute Gasteiger partial charge is 0.211 e. The van der Waals surface area contributed by atoms with Crippen molar-refractivity contribution in [3.05, 3.63) is 34.5 Å². The Hall–Kier alpha value is -3.55. The number of ether oxygens (including phenoxy) is 4. The second kappa shape index (κ2) is 6.99. The topological polar surface area (TPSA) is 108 Å². The number of hydrogen-bond donors (Lipinski definition) is 2. The van der Waals surface area contributed by atoms with E-state index >= 15 is 0 Å². The lowest BCUT2D eigenvalue weighted by Gasteiger charge is -2.17. The number of benzene rings is 2. The SMILES string of the molecule is COc1c(OC)c(OC)c2c(=O)cc(-c3ccc(O)c(O)c3)oc2c1OC. The average Bonchev–Trinajstić information content (AvgIpc) is 2.67. The molecule has 0 amide bonds. The first-order valence-corrected chi connectivity index (χ1v) is 7.82. The summed E-state index contributed by atoms with van der Waals surface area (Å²) >= 11 is 0. The minimum absolute atomic E-state index is 0.0991. The minimum atomic E-state index is -0.407. The second-order valence-electron chi connectivity index (χ2n) is 5.52. The highest BCUT2D eigenvalue weighted by Crippen LogP contribution is 2.50. The summed E-state index contributed by atoms with van der Waals surface area (Å²) in [6.45, 7) is 0. The van der Waals surface area contributed by atoms with Crippen molar-refractivity contribution in [1.82, 2.24) is 0 Å². The Balaban J connectivity index is 2.43. The van der Waals surface area contributed by atoms with Gasteiger partial charge >= 0.3 is 0 Å². The maximum absolute atomic E-state index is 12.8. The van der Waals surface area contributed by atoms with E-state index in [-0.39, 0.29) is 51.2 Å². The molecule has 3 aromatic rings. The number of hydrogen-bond acceptors (Lipinski definition) is 8. The Bertz CT molecular complexity index is 1070. The molecule has 0 aliphatic carbocycles. The van der Waals surface area contributed by atoms with Crippen molar-refractivity contribution in [3.63, 3.8) is 0 Å². The van der Waals surface area contributed by atoms with Gasteiger partial charge in [0, 0.05) is 11.6 Å². The molecule has 0 saturated carbocycles. The second-order valence-corrected chi connectivity index (χ2v) is 5.52. The molecule has 0 unspecified atom stereocenters. The monoisotopic (exact) mass is 374 g/mol. The molecule has 0 saturated heterocycles. The highest BCUT2D eigenvalue weighted by atomic mass is 16.5. The lowest BCUT2D eigenvalue weighted by molar-refractivity contribution is 0.307. The number of phenols is 2. The van der Waals surface area contributed by atoms with Crippen molar-refractivity contribution in [3.8, 4) is 45.8 Å². The van der Waals surface area contributed by atoms with Gasteiger partial charge < -0.3 is 33.6 Å². The Morgan fingerprint density at radius 1 is 0.778 bits per heavy atom. The molecule has 8 heteroatoms. The summed E-state index contributed by atoms with van der Waals surface area (Å²) in [6, 6.07) is 5.33. The standard InChI is InChI=1S/C19H18O8/c1-23-15-14-12(22)8-13(9-5-6-10(20)11(21)7-9)27-16(14)18(25-3)19(26-4)17(15)24-2/h5-8,20-21H,1-4H3. The number of phenolic OH excluding ortho intramolecular Hbond substituents is 2. The van der Waals surface area contributed by atoms with Crippen LogP contribution in [0.1, 0.15) is 0 Å². The normalized spacial score (nSPS) is 10.7. The van der Waals surface area contributed by atoms with Crippen LogP contribution in [0.2, 0.25) is 0 Å². The van der Waals surface area contributed by atoms with Crippen molar-refractivity contribution in [2.24, 2.45) is 0 Å². The molecule has 0 spiro atoms. The molecule has 0 atom stereocenters. The third-order valence-corrected chi connectivity index (χ3v) is 4.08. The van der Waals surface area contributed by atoms with Crippen LogP contribution in [0, 0.1) is 0 Å². The van der Waals surface area contributed by atoms with Crippen molar-refractivity contribution >= 4 is 11.0 Å². The first kappa shape index (κ1) is 18.2. The van der Waals surface area contributed by atoms with E-state index in [0.29, 0.717) is 5.56 Å². The average molecular weight is 374 g/mol. The third-order valence-electron chi connectivity index (χ3n) is 4.08. The van der Waals surface area contributed by atoms with E-state index in [1.165, 1.54) is 52.7 Å². The molecule has 0 bridgehead atoms. The molecule has 1 aromatic heterocycles. The quantitative estimate of drug-likeness (QED) is 0.657. The van der Waals surface area contributed by atoms with Gasteiger partial charge in [-0.15, -0.1) is 0 Å². The zero-order chi connectivity index (χ0) is 19.7. The van der Waals surface area contributed by atoms with Gasteiger partial charge in [-0.25, -0.2) is 0 Å². The van der Waals surface area contributed by atoms with Crippen molar-refractivity contribution < 1.29 is 33.6 Å². The molecular weight excluding hydrogens is 356 g/mol. The van der Waals surface area contributed by atoms with Crippen LogP contribution in [0.5, 0.6) is 34.5 Å². The van der Waals surface area contributed by atoms with Gasteiger partial charge in [0.2, 0.25) is 17.2 Å². The molecule has 8 nitrogen and oxygen atoms in total. The molecule has 27 heavy (non-hydrogen) atoms. The fourth-order valence-electron chi connectivity index (χ4n) is 2.86. The van der Waals surface area contributed by atoms with Crippen LogP contribution in [0.25, 0.3) is 22.3 Å². The van der Waals surface area contributed by atoms with Gasteiger partial charge in [-0.3, -0.25) is 4.79 Å². The predicted molar refractivity (Wildman–Crippen MR) is 97.5 cm³/mol. The van der Waals surface area contributed by atoms with Crippen molar-refractivity contribution in [2.75, 3.05) is 28.4 Å². The highest BCUT2D eigenvalue weighted by Gasteiger charge is 2.27. The minimum Gasteiger partial charge on any atom is -0.504 e. The summed E-state index contributed by atoms with van der Waals surface area (Å²) in [6.07, 6.45) is 0. The number of aromatic hydroxyl groups is 2. The molecule has 3 rings (SSSR count). The summed E-state index contributed by atoms with van der Waals surface area (Å²) in [5.41, 5.74) is 0.0806. The largest absolute Gasteiger partial charge is 0.504 e. The third kappa shape index (κ3) is 2.84. The van der Waals surface area contributed by atoms with E-state index < -0.39 is 5.43 Å². The van der Waals surface area contributed by atoms with Gasteiger partial charge in [0.05, 0.1) is 28.4 Å². The summed E-state index contributed by atoms with van der Waals surface area (Å²) in [5.74, 6) is 0.256. The number of rotatable bonds is 5. The van der Waals surface area contributed by atoms with Crippen molar-refractivity contribution in [1.29, 1.82) is 0 Å². The Kier molecular flexibility index (Phi) is 4.72. The van der Waals surface area contributed by atoms with Gasteiger partial charge in [0.25, 0.3) is 0 Å². The van der Waals surface area contributed by atoms with Crippen molar-refractivity contribution in [2.45, 2.75) is 0 Å². The molecule has 0 fully saturated rings. The first-order chi connectivity index (χ1) is 13.0. The first-order valence-electron chi connectivity index (χ1n) is 7.82. The molecular formula is C19H18O8. The summed E-state index contributed by atoms with van der Waals surface area (Å²) in [4.78, 5) is 12.8. The molecule has 2 aromatic carbocycles. The zero-order valence-corrected chi connectivity index (χ0v) is 15.2. The van der Waals surface area contributed by atoms with Crippen LogP contribution in [0.4, 0.5) is 0 Å². The molecule has 2 N–H and O–H groups in total. The van der Waals surface area contributed by atoms with Gasteiger partial charge in [-0.2, -0.15) is 0 Å². The molecule has 1 heterocycles. The van der Waals surface area contributed by atoms with Gasteiger partial charge in [-0.1, -0.05) is 0 Å². The molecule has 0 aliphatic heterocycles. The van der Waals surface area contributed by atoms with E-state index in [1.54, 1.807) is 0 Å². The molecule has 0 aliphatic rings. The van der Waals surface area contributed by atoms with Crippen LogP contribution in [0.15, 0.2) is 33.5 Å². The van der Waals surface area contributed by atoms with Crippen LogP contribution in [-0.2, 0) is 0 Å². The van der Waals surface area contributed by atoms with E-state index in [9.17, 15) is 15.0 Å². The molecule has 0 radical (unpaired) electrons. The summed E-state index contributed by atoms with van der Waals surface area (Å²) in [7, 11) is 5.64. The van der Waals surface area contributed by atoms with Crippen LogP contribution in [-0.4, -0.2) is 38.7 Å². The lowest BCUT2D eigenvalue weighted by Crippen LogP contribution is -2.07. The van der Waals surface area contributed by atoms with Gasteiger partial charge in [0.1, 0.15) is 11.1 Å². The number of methoxy groups -OCH3 is 4. The fourth-order valence-corrected chi connectivity index (χ4v) is 2.86. The van der Waals surface area contributed by atoms with Crippen LogP contribution < -0.4 is 24.4 Å². The Morgan fingerprint density at radius 3 is 1.93 bits per heavy atom. The van der Waals surface area contributed by atoms with E-state index in [1.807, 2.05) is 0 Å². The van der Waals surface area contributed by atoms with Gasteiger partial charge in [-0.05, 0) is 18.2 Å². The lowest BCUT2D eigenvalue weighted by atomic mass is 10.1. The Labute approximate surface area is 154 Å². The number of fused-ring (bicyclic) bond motifs is 1. The summed E-state index contributed by atoms with van der Waals surface area (Å²) in [5, 5.41) is 19.3. The zero-order valence-electron chi connectivity index (χ0n) is 15.2. The maximum Gasteiger partial charge on any atom is 0.211 e. The van der Waals surface area contributed by atoms with Crippen LogP contribution in [0.3, 0.4) is 0 Å². The van der Waals surface area contributed by atoms with Gasteiger partial charge in [0.15, 0.2) is 28.3 Å². The Morgan fingerprint density at radius 2 is 1.37 bits per heavy atom. The van der Waals surface area contributed by atoms with E-state index in [4.69, 9.17) is 23.4 Å².